The summed E-state index contributed by atoms with van der Waals surface area (Å²) in [4.78, 5) is 39.4. The molecule has 1 N–H and O–H groups in total. The first-order valence-electron chi connectivity index (χ1n) is 8.31. The van der Waals surface area contributed by atoms with Crippen molar-refractivity contribution in [3.63, 3.8) is 0 Å². The van der Waals surface area contributed by atoms with E-state index in [1.54, 1.807) is 19.9 Å². The van der Waals surface area contributed by atoms with E-state index in [1.165, 1.54) is 18.5 Å². The Morgan fingerprint density at radius 2 is 1.71 bits per heavy atom. The molecule has 0 bridgehead atoms. The van der Waals surface area contributed by atoms with Crippen molar-refractivity contribution in [2.24, 2.45) is 0 Å². The second-order valence-corrected chi connectivity index (χ2v) is 5.65. The van der Waals surface area contributed by atoms with E-state index < -0.39 is 18.2 Å². The molecule has 4 amide bonds. The molecule has 0 radical (unpaired) electrons. The molecular weight excluding hydrogens is 385 g/mol. The second-order valence-electron chi connectivity index (χ2n) is 4.86. The number of amides is 4. The van der Waals surface area contributed by atoms with Gasteiger partial charge < -0.3 is 9.47 Å². The molecule has 1 heterocycles. The summed E-state index contributed by atoms with van der Waals surface area (Å²) in [6.45, 7) is 3.38. The molecule has 0 aliphatic heterocycles. The van der Waals surface area contributed by atoms with Crippen molar-refractivity contribution in [2.75, 3.05) is 18.1 Å². The number of nitrogens with one attached hydrogen (secondary N) is 1. The van der Waals surface area contributed by atoms with Crippen molar-refractivity contribution in [1.82, 2.24) is 10.3 Å². The Morgan fingerprint density at radius 3 is 2.21 bits per heavy atom. The zero-order valence-electron chi connectivity index (χ0n) is 15.5. The van der Waals surface area contributed by atoms with Crippen LogP contribution in [0.25, 0.3) is 0 Å². The molecule has 1 aromatic carbocycles. The van der Waals surface area contributed by atoms with E-state index in [0.717, 1.165) is 5.30 Å². The largest absolute Gasteiger partial charge is 0.450 e. The predicted molar refractivity (Wildman–Crippen MR) is 104 cm³/mol. The Balaban J connectivity index is 0.000000406. The molecule has 0 aliphatic carbocycles. The van der Waals surface area contributed by atoms with Crippen LogP contribution in [-0.2, 0) is 14.0 Å². The van der Waals surface area contributed by atoms with Crippen LogP contribution in [0.5, 0.6) is 0 Å². The minimum atomic E-state index is -0.977. The summed E-state index contributed by atoms with van der Waals surface area (Å²) in [5.41, 5.74) is 0.174. The predicted octanol–water partition coefficient (Wildman–Crippen LogP) is 3.25. The molecule has 2 aromatic rings. The number of anilines is 1. The van der Waals surface area contributed by atoms with Crippen LogP contribution in [0.3, 0.4) is 0 Å². The van der Waals surface area contributed by atoms with Gasteiger partial charge in [-0.3, -0.25) is 4.98 Å². The van der Waals surface area contributed by atoms with Crippen LogP contribution in [0.2, 0.25) is 0 Å². The maximum absolute atomic E-state index is 11.9. The van der Waals surface area contributed by atoms with Gasteiger partial charge in [-0.2, -0.15) is 4.90 Å². The molecule has 1 aromatic heterocycles. The Kier molecular flexibility index (Phi) is 10.5. The monoisotopic (exact) mass is 406 g/mol. The number of pyridine rings is 1. The summed E-state index contributed by atoms with van der Waals surface area (Å²) in [5.74, 6) is 0. The van der Waals surface area contributed by atoms with Gasteiger partial charge in [0.2, 0.25) is 0 Å². The third-order valence-electron chi connectivity index (χ3n) is 2.93. The minimum Gasteiger partial charge on any atom is -0.450 e. The van der Waals surface area contributed by atoms with Gasteiger partial charge in [-0.1, -0.05) is 22.8 Å². The number of urea groups is 1. The van der Waals surface area contributed by atoms with Gasteiger partial charge in [-0.05, 0) is 38.1 Å². The first-order valence-corrected chi connectivity index (χ1v) is 9.22. The van der Waals surface area contributed by atoms with Crippen molar-refractivity contribution in [1.29, 1.82) is 0 Å². The second kappa shape index (κ2) is 12.9. The highest BCUT2D eigenvalue weighted by Gasteiger charge is 2.26. The van der Waals surface area contributed by atoms with Crippen LogP contribution in [0.4, 0.5) is 20.1 Å². The Morgan fingerprint density at radius 1 is 1.04 bits per heavy atom. The summed E-state index contributed by atoms with van der Waals surface area (Å²) in [6.07, 6.45) is 0.913. The highest BCUT2D eigenvalue weighted by Crippen LogP contribution is 2.13. The van der Waals surface area contributed by atoms with E-state index in [1.807, 2.05) is 35.6 Å². The number of imide groups is 2. The summed E-state index contributed by atoms with van der Waals surface area (Å²) >= 11 is 0. The molecule has 2 rings (SSSR count). The molecule has 0 spiro atoms. The Bertz CT molecular complexity index is 773. The lowest BCUT2D eigenvalue weighted by Crippen LogP contribution is -2.46. The number of hydrogen-bond donors (Lipinski definition) is 1. The molecule has 148 valence electrons. The van der Waals surface area contributed by atoms with Crippen LogP contribution in [0.1, 0.15) is 13.8 Å². The molecule has 1 unspecified atom stereocenters. The van der Waals surface area contributed by atoms with Gasteiger partial charge >= 0.3 is 26.7 Å². The fourth-order valence-corrected chi connectivity index (χ4v) is 2.12. The number of hydrogen-bond acceptors (Lipinski definition) is 7. The molecule has 0 aliphatic rings. The number of aromatic nitrogens is 1. The first kappa shape index (κ1) is 22.7. The highest BCUT2D eigenvalue weighted by atomic mass is 31.1. The van der Waals surface area contributed by atoms with E-state index in [2.05, 4.69) is 9.72 Å². The maximum Gasteiger partial charge on any atom is 0.422 e. The zero-order valence-corrected chi connectivity index (χ0v) is 16.5. The van der Waals surface area contributed by atoms with E-state index >= 15 is 0 Å². The Labute approximate surface area is 163 Å². The molecule has 28 heavy (non-hydrogen) atoms. The number of carbonyl (C=O) groups excluding carboxylic acids is 3. The molecule has 0 fully saturated rings. The number of rotatable bonds is 4. The SMILES string of the molecule is CCOC(=O)NC(=O)N(C(=O)OCC)c1cccnc1.O=[PH+]c1ccccc1. The molecular formula is C18H21N3O6P+. The fraction of sp³-hybridized carbons (Fsp3) is 0.222. The third kappa shape index (κ3) is 7.92. The van der Waals surface area contributed by atoms with Crippen molar-refractivity contribution in [3.05, 3.63) is 54.9 Å². The smallest absolute Gasteiger partial charge is 0.422 e. The standard InChI is InChI=1S/C12H15N3O5.C6H5OP/c1-3-19-11(17)14-10(16)15(12(18)20-4-2)9-6-5-7-13-8-9;7-8-6-4-2-1-3-5-6/h5-8H,3-4H2,1-2H3,(H,14,16,17);1-5H/p+1. The quantitative estimate of drug-likeness (QED) is 0.775. The zero-order chi connectivity index (χ0) is 20.8. The van der Waals surface area contributed by atoms with E-state index in [-0.39, 0.29) is 27.4 Å². The van der Waals surface area contributed by atoms with Gasteiger partial charge in [0.15, 0.2) is 5.30 Å². The van der Waals surface area contributed by atoms with Gasteiger partial charge in [-0.25, -0.2) is 19.7 Å². The Hall–Kier alpha value is -3.32. The molecule has 1 atom stereocenters. The van der Waals surface area contributed by atoms with Gasteiger partial charge in [-0.15, -0.1) is 0 Å². The number of carbonyl (C=O) groups is 3. The van der Waals surface area contributed by atoms with Crippen LogP contribution in [0.15, 0.2) is 54.9 Å². The van der Waals surface area contributed by atoms with Crippen LogP contribution in [-0.4, -0.2) is 36.4 Å². The van der Waals surface area contributed by atoms with Crippen LogP contribution < -0.4 is 15.5 Å². The van der Waals surface area contributed by atoms with E-state index in [4.69, 9.17) is 4.74 Å². The molecule has 0 saturated carbocycles. The van der Waals surface area contributed by atoms with Gasteiger partial charge in [0.25, 0.3) is 0 Å². The van der Waals surface area contributed by atoms with Gasteiger partial charge in [0.05, 0.1) is 25.1 Å². The summed E-state index contributed by atoms with van der Waals surface area (Å²) in [6, 6.07) is 11.4. The van der Waals surface area contributed by atoms with Crippen molar-refractivity contribution in [3.8, 4) is 0 Å². The summed E-state index contributed by atoms with van der Waals surface area (Å²) in [7, 11) is -0.320. The van der Waals surface area contributed by atoms with Crippen molar-refractivity contribution in [2.45, 2.75) is 13.8 Å². The minimum absolute atomic E-state index is 0.0856. The molecule has 0 saturated heterocycles. The number of nitrogens with zero attached hydrogens (tertiary/aromatic N) is 2. The third-order valence-corrected chi connectivity index (χ3v) is 3.50. The van der Waals surface area contributed by atoms with E-state index in [9.17, 15) is 18.9 Å². The van der Waals surface area contributed by atoms with Gasteiger partial charge in [0, 0.05) is 6.20 Å². The average molecular weight is 406 g/mol. The van der Waals surface area contributed by atoms with Crippen LogP contribution >= 0.6 is 8.46 Å². The van der Waals surface area contributed by atoms with Crippen LogP contribution in [0, 0.1) is 0 Å². The maximum atomic E-state index is 11.9. The van der Waals surface area contributed by atoms with Gasteiger partial charge in [0.1, 0.15) is 0 Å². The normalized spacial score (nSPS) is 9.50. The lowest BCUT2D eigenvalue weighted by molar-refractivity contribution is 0.150. The number of ether oxygens (including phenoxy) is 2. The highest BCUT2D eigenvalue weighted by molar-refractivity contribution is 7.34. The molecule has 10 heteroatoms. The van der Waals surface area contributed by atoms with Crippen molar-refractivity contribution >= 4 is 37.7 Å². The van der Waals surface area contributed by atoms with E-state index in [0.29, 0.717) is 4.90 Å². The lowest BCUT2D eigenvalue weighted by Gasteiger charge is -2.19. The first-order chi connectivity index (χ1) is 13.5. The summed E-state index contributed by atoms with van der Waals surface area (Å²) < 4.78 is 19.5. The average Bonchev–Trinajstić information content (AvgIpc) is 2.70. The lowest BCUT2D eigenvalue weighted by atomic mass is 10.4. The summed E-state index contributed by atoms with van der Waals surface area (Å²) in [5, 5.41) is 2.80. The fourth-order valence-electron chi connectivity index (χ4n) is 1.80. The topological polar surface area (TPSA) is 115 Å². The van der Waals surface area contributed by atoms with Crippen molar-refractivity contribution < 1.29 is 28.4 Å². The number of alkyl carbamates (subject to hydrolysis) is 1. The number of benzene rings is 1. The molecule has 9 nitrogen and oxygen atoms in total.